The Morgan fingerprint density at radius 2 is 1.46 bits per heavy atom. The van der Waals surface area contributed by atoms with Crippen molar-refractivity contribution in [2.75, 3.05) is 28.7 Å². The van der Waals surface area contributed by atoms with Crippen LogP contribution in [0.3, 0.4) is 0 Å². The van der Waals surface area contributed by atoms with Gasteiger partial charge in [-0.05, 0) is 81.5 Å². The van der Waals surface area contributed by atoms with Crippen LogP contribution in [-0.2, 0) is 11.2 Å². The standard InChI is InChI=1S/C31H47B13F2N6O2/c32-20-12-19(26(53)48-25-18-10-13(1-2-21(18)49-50-25)7-14-8-15(45)11-16(46)9-14)23(47-17-3-5-54-6-4-17)22(33)24(20)51-27(34,35)29(38,39)52(31(42,43)44)30(40,41)28(51,36)37/h1-2,8-12,17,47H,3-7,32-44H2,(H2,48,49,50,53). The highest BCUT2D eigenvalue weighted by Gasteiger charge is 2.63. The third-order valence-electron chi connectivity index (χ3n) is 12.9. The van der Waals surface area contributed by atoms with Crippen LogP contribution in [0.4, 0.5) is 26.0 Å². The molecule has 3 aromatic carbocycles. The van der Waals surface area contributed by atoms with Crippen molar-refractivity contribution >= 4 is 147 Å². The van der Waals surface area contributed by atoms with Crippen molar-refractivity contribution in [3.05, 3.63) is 70.8 Å². The summed E-state index contributed by atoms with van der Waals surface area (Å²) in [6.07, 6.45) is 2.01. The number of benzene rings is 3. The number of anilines is 3. The molecule has 6 rings (SSSR count). The summed E-state index contributed by atoms with van der Waals surface area (Å²) in [5, 5.41) is 13.9. The predicted molar refractivity (Wildman–Crippen MR) is 255 cm³/mol. The summed E-state index contributed by atoms with van der Waals surface area (Å²) in [5.74, 6) is -1.11. The molecule has 0 aliphatic carbocycles. The fourth-order valence-corrected chi connectivity index (χ4v) is 9.85. The van der Waals surface area contributed by atoms with Crippen LogP contribution in [0.25, 0.3) is 10.9 Å². The van der Waals surface area contributed by atoms with E-state index in [9.17, 15) is 13.6 Å². The number of ether oxygens (including phenoxy) is 1. The minimum atomic E-state index is -0.615. The first-order valence-corrected chi connectivity index (χ1v) is 19.3. The molecule has 3 N–H and O–H groups in total. The number of rotatable bonds is 8. The Balaban J connectivity index is 1.44. The van der Waals surface area contributed by atoms with Gasteiger partial charge in [-0.2, -0.15) is 5.10 Å². The molecule has 2 saturated heterocycles. The van der Waals surface area contributed by atoms with E-state index in [4.69, 9.17) is 4.74 Å². The van der Waals surface area contributed by atoms with Crippen LogP contribution in [-0.4, -0.2) is 169 Å². The lowest BCUT2D eigenvalue weighted by atomic mass is 9.24. The molecule has 8 nitrogen and oxygen atoms in total. The molecule has 0 atom stereocenters. The van der Waals surface area contributed by atoms with Crippen molar-refractivity contribution in [3.8, 4) is 0 Å². The van der Waals surface area contributed by atoms with E-state index in [0.29, 0.717) is 42.0 Å². The van der Waals surface area contributed by atoms with Crippen LogP contribution < -0.4 is 26.5 Å². The topological polar surface area (TPSA) is 85.5 Å². The van der Waals surface area contributed by atoms with E-state index in [1.165, 1.54) is 12.1 Å². The lowest BCUT2D eigenvalue weighted by Gasteiger charge is -2.78. The summed E-state index contributed by atoms with van der Waals surface area (Å²) in [4.78, 5) is 19.9. The van der Waals surface area contributed by atoms with Crippen molar-refractivity contribution in [2.45, 2.75) is 51.9 Å². The van der Waals surface area contributed by atoms with Crippen molar-refractivity contribution in [3.63, 3.8) is 0 Å². The summed E-state index contributed by atoms with van der Waals surface area (Å²) in [6.45, 7) is 1.33. The zero-order chi connectivity index (χ0) is 39.8. The number of hydrogen-bond acceptors (Lipinski definition) is 6. The molecular formula is C31H47B13F2N6O2. The van der Waals surface area contributed by atoms with E-state index < -0.39 is 11.6 Å². The molecule has 266 valence electrons. The predicted octanol–water partition coefficient (Wildman–Crippen LogP) is -9.90. The summed E-state index contributed by atoms with van der Waals surface area (Å²) in [7, 11) is 30.1. The SMILES string of the molecule is Bc1cc(C(=O)Nc2n[nH]c3ccc(Cc4cc(F)cc(F)c4)cc23)c(NC2CCOCC2)c(B)c1N1C(B)(B)C(B)(B)N(C(B)(B)B)C(B)(B)C1(B)B. The number of amides is 1. The molecule has 1 amide bonds. The maximum atomic E-state index is 14.5. The number of H-pyrrole nitrogens is 1. The van der Waals surface area contributed by atoms with Crippen molar-refractivity contribution < 1.29 is 18.3 Å². The number of nitrogens with zero attached hydrogens (tertiary/aromatic N) is 3. The molecule has 23 heteroatoms. The number of piperazine rings is 1. The molecule has 1 aromatic heterocycles. The molecule has 3 heterocycles. The van der Waals surface area contributed by atoms with Gasteiger partial charge < -0.3 is 25.2 Å². The Morgan fingerprint density at radius 1 is 0.870 bits per heavy atom. The van der Waals surface area contributed by atoms with Crippen LogP contribution in [0.15, 0.2) is 42.5 Å². The Bertz CT molecular complexity index is 2060. The highest BCUT2D eigenvalue weighted by atomic mass is 19.1. The van der Waals surface area contributed by atoms with E-state index in [0.717, 1.165) is 52.3 Å². The molecule has 2 aliphatic rings. The average Bonchev–Trinajstić information content (AvgIpc) is 3.43. The van der Waals surface area contributed by atoms with E-state index >= 15 is 0 Å². The van der Waals surface area contributed by atoms with Gasteiger partial charge in [-0.3, -0.25) is 9.89 Å². The van der Waals surface area contributed by atoms with E-state index in [1.807, 2.05) is 24.3 Å². The van der Waals surface area contributed by atoms with Gasteiger partial charge in [0.15, 0.2) is 5.82 Å². The van der Waals surface area contributed by atoms with Crippen molar-refractivity contribution in [1.29, 1.82) is 0 Å². The summed E-state index contributed by atoms with van der Waals surface area (Å²) >= 11 is 0. The second kappa shape index (κ2) is 14.1. The van der Waals surface area contributed by atoms with Crippen LogP contribution in [0.5, 0.6) is 0 Å². The van der Waals surface area contributed by atoms with E-state index in [2.05, 4.69) is 133 Å². The number of aromatic amines is 1. The number of fused-ring (bicyclic) bond motifs is 1. The Hall–Kier alpha value is -3.18. The number of halogens is 2. The first-order valence-electron chi connectivity index (χ1n) is 19.3. The molecule has 54 heavy (non-hydrogen) atoms. The van der Waals surface area contributed by atoms with Crippen LogP contribution in [0.1, 0.15) is 34.3 Å². The second-order valence-electron chi connectivity index (χ2n) is 18.6. The van der Waals surface area contributed by atoms with Gasteiger partial charge in [0.25, 0.3) is 5.91 Å². The Kier molecular flexibility index (Phi) is 10.6. The first kappa shape index (κ1) is 40.5. The third kappa shape index (κ3) is 6.94. The molecule has 0 bridgehead atoms. The monoisotopic (exact) mass is 716 g/mol. The molecule has 2 aliphatic heterocycles. The quantitative estimate of drug-likeness (QED) is 0.158. The normalized spacial score (nSPS) is 19.7. The van der Waals surface area contributed by atoms with Gasteiger partial charge in [0.1, 0.15) is 114 Å². The first-order chi connectivity index (χ1) is 25.0. The van der Waals surface area contributed by atoms with Gasteiger partial charge in [-0.1, -0.05) is 22.8 Å². The molecular weight excluding hydrogens is 667 g/mol. The molecule has 0 spiro atoms. The van der Waals surface area contributed by atoms with E-state index in [1.54, 1.807) is 0 Å². The summed E-state index contributed by atoms with van der Waals surface area (Å²) < 4.78 is 33.6. The summed E-state index contributed by atoms with van der Waals surface area (Å²) in [5.41, 5.74) is 6.64. The summed E-state index contributed by atoms with van der Waals surface area (Å²) in [6, 6.07) is 11.4. The molecule has 0 saturated carbocycles. The van der Waals surface area contributed by atoms with E-state index in [-0.39, 0.29) is 38.5 Å². The minimum Gasteiger partial charge on any atom is -0.392 e. The highest BCUT2D eigenvalue weighted by Crippen LogP contribution is 2.46. The number of aromatic nitrogens is 2. The van der Waals surface area contributed by atoms with Gasteiger partial charge >= 0.3 is 0 Å². The number of carbonyl (C=O) groups is 1. The lowest BCUT2D eigenvalue weighted by molar-refractivity contribution is 0.0904. The largest absolute Gasteiger partial charge is 0.392 e. The number of hydrogen-bond donors (Lipinski definition) is 3. The average molecular weight is 714 g/mol. The van der Waals surface area contributed by atoms with Gasteiger partial charge in [0, 0.05) is 42.1 Å². The maximum Gasteiger partial charge on any atom is 0.258 e. The van der Waals surface area contributed by atoms with Crippen LogP contribution >= 0.6 is 0 Å². The zero-order valence-electron chi connectivity index (χ0n) is 34.6. The smallest absolute Gasteiger partial charge is 0.258 e. The number of carbonyl (C=O) groups excluding carboxylic acids is 1. The zero-order valence-corrected chi connectivity index (χ0v) is 34.6. The third-order valence-corrected chi connectivity index (χ3v) is 12.9. The Labute approximate surface area is 330 Å². The number of nitrogens with one attached hydrogen (secondary N) is 3. The highest BCUT2D eigenvalue weighted by molar-refractivity contribution is 6.66. The fraction of sp³-hybridized carbons (Fsp3) is 0.355. The Morgan fingerprint density at radius 3 is 2.04 bits per heavy atom. The molecule has 0 radical (unpaired) electrons. The fourth-order valence-electron chi connectivity index (χ4n) is 9.85. The lowest BCUT2D eigenvalue weighted by Crippen LogP contribution is -2.95. The molecule has 2 fully saturated rings. The van der Waals surface area contributed by atoms with Gasteiger partial charge in [0.05, 0.1) is 11.1 Å². The molecule has 0 unspecified atom stereocenters. The van der Waals surface area contributed by atoms with Crippen molar-refractivity contribution in [2.24, 2.45) is 0 Å². The van der Waals surface area contributed by atoms with Gasteiger partial charge in [0.2, 0.25) is 0 Å². The van der Waals surface area contributed by atoms with Crippen LogP contribution in [0.2, 0.25) is 0 Å². The van der Waals surface area contributed by atoms with Gasteiger partial charge in [-0.25, -0.2) is 8.78 Å². The van der Waals surface area contributed by atoms with Crippen molar-refractivity contribution in [1.82, 2.24) is 15.1 Å². The maximum absolute atomic E-state index is 14.5. The van der Waals surface area contributed by atoms with Gasteiger partial charge in [-0.15, -0.1) is 0 Å². The molecule has 4 aromatic rings. The van der Waals surface area contributed by atoms with Crippen LogP contribution in [0, 0.1) is 11.6 Å². The second-order valence-corrected chi connectivity index (χ2v) is 18.6. The minimum absolute atomic E-state index is 0.0932.